The summed E-state index contributed by atoms with van der Waals surface area (Å²) in [7, 11) is -1.76. The smallest absolute Gasteiger partial charge is 0.240 e. The largest absolute Gasteiger partial charge is 0.389 e. The van der Waals surface area contributed by atoms with Gasteiger partial charge in [0.05, 0.1) is 11.1 Å². The topological polar surface area (TPSA) is 90.0 Å². The van der Waals surface area contributed by atoms with Crippen LogP contribution in [0.25, 0.3) is 0 Å². The highest BCUT2D eigenvalue weighted by Gasteiger charge is 2.14. The molecular weight excluding hydrogens is 308 g/mol. The van der Waals surface area contributed by atoms with Crippen LogP contribution in [0.1, 0.15) is 11.1 Å². The van der Waals surface area contributed by atoms with Gasteiger partial charge < -0.3 is 5.73 Å². The molecule has 3 N–H and O–H groups in total. The van der Waals surface area contributed by atoms with Gasteiger partial charge in [0.25, 0.3) is 0 Å². The summed E-state index contributed by atoms with van der Waals surface area (Å²) in [5.74, 6) is 0. The number of aryl methyl sites for hydroxylation is 1. The second kappa shape index (κ2) is 6.33. The molecule has 0 saturated heterocycles. The molecule has 0 unspecified atom stereocenters. The van der Waals surface area contributed by atoms with E-state index in [0.29, 0.717) is 18.5 Å². The molecule has 2 rings (SSSR count). The zero-order valence-corrected chi connectivity index (χ0v) is 13.1. The summed E-state index contributed by atoms with van der Waals surface area (Å²) >= 11 is 4.85. The molecule has 0 fully saturated rings. The normalized spacial score (nSPS) is 11.5. The van der Waals surface area contributed by atoms with E-state index in [-0.39, 0.29) is 9.88 Å². The fraction of sp³-hybridized carbons (Fsp3) is 0.231. The SMILES string of the molecule is Cn1cc(CCNS(=O)(=O)c2cccc(C(N)=S)c2)cn1. The Kier molecular flexibility index (Phi) is 4.71. The number of nitrogens with two attached hydrogens (primary N) is 1. The summed E-state index contributed by atoms with van der Waals surface area (Å²) in [5.41, 5.74) is 7.01. The number of nitrogens with zero attached hydrogens (tertiary/aromatic N) is 2. The first kappa shape index (κ1) is 15.6. The van der Waals surface area contributed by atoms with Gasteiger partial charge in [0.15, 0.2) is 0 Å². The molecule has 21 heavy (non-hydrogen) atoms. The monoisotopic (exact) mass is 324 g/mol. The zero-order chi connectivity index (χ0) is 15.5. The quantitative estimate of drug-likeness (QED) is 0.759. The lowest BCUT2D eigenvalue weighted by atomic mass is 10.2. The lowest BCUT2D eigenvalue weighted by Crippen LogP contribution is -2.26. The summed E-state index contributed by atoms with van der Waals surface area (Å²) in [5, 5.41) is 4.03. The van der Waals surface area contributed by atoms with Gasteiger partial charge in [-0.15, -0.1) is 0 Å². The Morgan fingerprint density at radius 3 is 2.86 bits per heavy atom. The molecule has 0 aliphatic rings. The average molecular weight is 324 g/mol. The second-order valence-electron chi connectivity index (χ2n) is 4.56. The minimum Gasteiger partial charge on any atom is -0.389 e. The standard InChI is InChI=1S/C13H16N4O2S2/c1-17-9-10(8-15-17)5-6-16-21(18,19)12-4-2-3-11(7-12)13(14)20/h2-4,7-9,16H,5-6H2,1H3,(H2,14,20). The highest BCUT2D eigenvalue weighted by molar-refractivity contribution is 7.89. The minimum absolute atomic E-state index is 0.152. The molecule has 1 heterocycles. The molecule has 2 aromatic rings. The van der Waals surface area contributed by atoms with Gasteiger partial charge in [0.2, 0.25) is 10.0 Å². The van der Waals surface area contributed by atoms with E-state index in [2.05, 4.69) is 9.82 Å². The lowest BCUT2D eigenvalue weighted by Gasteiger charge is -2.07. The molecule has 6 nitrogen and oxygen atoms in total. The van der Waals surface area contributed by atoms with Crippen molar-refractivity contribution in [3.05, 3.63) is 47.8 Å². The summed E-state index contributed by atoms with van der Waals surface area (Å²) in [6.45, 7) is 0.297. The molecule has 0 atom stereocenters. The van der Waals surface area contributed by atoms with Crippen LogP contribution in [0.3, 0.4) is 0 Å². The number of sulfonamides is 1. The molecule has 1 aromatic carbocycles. The van der Waals surface area contributed by atoms with E-state index >= 15 is 0 Å². The van der Waals surface area contributed by atoms with Gasteiger partial charge in [-0.1, -0.05) is 24.4 Å². The van der Waals surface area contributed by atoms with E-state index in [1.54, 1.807) is 23.0 Å². The number of nitrogens with one attached hydrogen (secondary N) is 1. The zero-order valence-electron chi connectivity index (χ0n) is 11.5. The van der Waals surface area contributed by atoms with E-state index in [9.17, 15) is 8.42 Å². The van der Waals surface area contributed by atoms with Crippen molar-refractivity contribution in [2.45, 2.75) is 11.3 Å². The van der Waals surface area contributed by atoms with Gasteiger partial charge >= 0.3 is 0 Å². The van der Waals surface area contributed by atoms with Gasteiger partial charge in [0.1, 0.15) is 4.99 Å². The van der Waals surface area contributed by atoms with Crippen molar-refractivity contribution in [3.8, 4) is 0 Å². The molecule has 0 spiro atoms. The van der Waals surface area contributed by atoms with Crippen molar-refractivity contribution in [1.29, 1.82) is 0 Å². The Bertz CT molecular complexity index is 753. The van der Waals surface area contributed by atoms with Crippen LogP contribution in [-0.4, -0.2) is 29.7 Å². The van der Waals surface area contributed by atoms with Crippen LogP contribution >= 0.6 is 12.2 Å². The molecule has 8 heteroatoms. The van der Waals surface area contributed by atoms with E-state index < -0.39 is 10.0 Å². The average Bonchev–Trinajstić information content (AvgIpc) is 2.84. The first-order chi connectivity index (χ1) is 9.88. The lowest BCUT2D eigenvalue weighted by molar-refractivity contribution is 0.581. The van der Waals surface area contributed by atoms with Crippen molar-refractivity contribution in [3.63, 3.8) is 0 Å². The van der Waals surface area contributed by atoms with Crippen LogP contribution in [0.15, 0.2) is 41.6 Å². The van der Waals surface area contributed by atoms with Crippen LogP contribution in [0.4, 0.5) is 0 Å². The molecule has 1 aromatic heterocycles. The second-order valence-corrected chi connectivity index (χ2v) is 6.77. The highest BCUT2D eigenvalue weighted by atomic mass is 32.2. The molecule has 0 saturated carbocycles. The van der Waals surface area contributed by atoms with E-state index in [1.165, 1.54) is 12.1 Å². The van der Waals surface area contributed by atoms with Crippen molar-refractivity contribution in [2.24, 2.45) is 12.8 Å². The number of benzene rings is 1. The fourth-order valence-electron chi connectivity index (χ4n) is 1.83. The van der Waals surface area contributed by atoms with Gasteiger partial charge in [0, 0.05) is 25.4 Å². The highest BCUT2D eigenvalue weighted by Crippen LogP contribution is 2.11. The van der Waals surface area contributed by atoms with Crippen molar-refractivity contribution in [2.75, 3.05) is 6.54 Å². The van der Waals surface area contributed by atoms with Crippen molar-refractivity contribution < 1.29 is 8.42 Å². The third kappa shape index (κ3) is 4.10. The molecule has 0 radical (unpaired) electrons. The molecule has 0 aliphatic heterocycles. The maximum Gasteiger partial charge on any atom is 0.240 e. The van der Waals surface area contributed by atoms with Crippen LogP contribution in [0.2, 0.25) is 0 Å². The molecular formula is C13H16N4O2S2. The van der Waals surface area contributed by atoms with Crippen LogP contribution in [0.5, 0.6) is 0 Å². The van der Waals surface area contributed by atoms with Crippen LogP contribution < -0.4 is 10.5 Å². The fourth-order valence-corrected chi connectivity index (χ4v) is 3.03. The Labute approximate surface area is 129 Å². The van der Waals surface area contributed by atoms with Gasteiger partial charge in [-0.05, 0) is 24.1 Å². The van der Waals surface area contributed by atoms with Gasteiger partial charge in [-0.2, -0.15) is 5.10 Å². The summed E-state index contributed by atoms with van der Waals surface area (Å²) < 4.78 is 28.6. The number of thiocarbonyl (C=S) groups is 1. The third-order valence-corrected chi connectivity index (χ3v) is 4.59. The van der Waals surface area contributed by atoms with Gasteiger partial charge in [-0.3, -0.25) is 4.68 Å². The Balaban J connectivity index is 2.04. The van der Waals surface area contributed by atoms with E-state index in [4.69, 9.17) is 18.0 Å². The summed E-state index contributed by atoms with van der Waals surface area (Å²) in [4.78, 5) is 0.321. The molecule has 0 amide bonds. The Morgan fingerprint density at radius 2 is 2.24 bits per heavy atom. The van der Waals surface area contributed by atoms with Crippen molar-refractivity contribution in [1.82, 2.24) is 14.5 Å². The maximum absolute atomic E-state index is 12.2. The summed E-state index contributed by atoms with van der Waals surface area (Å²) in [6, 6.07) is 6.27. The van der Waals surface area contributed by atoms with E-state index in [0.717, 1.165) is 5.56 Å². The van der Waals surface area contributed by atoms with Crippen LogP contribution in [-0.2, 0) is 23.5 Å². The Hall–Kier alpha value is -1.77. The third-order valence-electron chi connectivity index (χ3n) is 2.89. The predicted molar refractivity (Wildman–Crippen MR) is 84.4 cm³/mol. The molecule has 112 valence electrons. The first-order valence-corrected chi connectivity index (χ1v) is 8.15. The number of hydrogen-bond donors (Lipinski definition) is 2. The number of hydrogen-bond acceptors (Lipinski definition) is 4. The number of aromatic nitrogens is 2. The Morgan fingerprint density at radius 1 is 1.48 bits per heavy atom. The molecule has 0 aliphatic carbocycles. The molecule has 0 bridgehead atoms. The minimum atomic E-state index is -3.57. The van der Waals surface area contributed by atoms with Gasteiger partial charge in [-0.25, -0.2) is 13.1 Å². The van der Waals surface area contributed by atoms with Crippen LogP contribution in [0, 0.1) is 0 Å². The maximum atomic E-state index is 12.2. The first-order valence-electron chi connectivity index (χ1n) is 6.25. The predicted octanol–water partition coefficient (Wildman–Crippen LogP) is 0.575. The van der Waals surface area contributed by atoms with Crippen molar-refractivity contribution >= 4 is 27.2 Å². The number of rotatable bonds is 6. The summed E-state index contributed by atoms with van der Waals surface area (Å²) in [6.07, 6.45) is 4.13. The van der Waals surface area contributed by atoms with E-state index in [1.807, 2.05) is 13.2 Å².